The number of nitrogens with two attached hydrogens (primary N) is 2. The van der Waals surface area contributed by atoms with E-state index in [0.29, 0.717) is 27.9 Å². The number of carbonyl (C=O) groups is 1. The maximum Gasteiger partial charge on any atom is 0.257 e. The number of para-hydroxylation sites is 2. The molecule has 0 unspecified atom stereocenters. The first-order valence-electron chi connectivity index (χ1n) is 10.8. The molecule has 0 bridgehead atoms. The molecule has 3 aromatic carbocycles. The van der Waals surface area contributed by atoms with E-state index in [0.717, 1.165) is 5.56 Å². The van der Waals surface area contributed by atoms with E-state index in [9.17, 15) is 13.2 Å². The van der Waals surface area contributed by atoms with Crippen molar-refractivity contribution in [2.75, 3.05) is 5.73 Å². The Labute approximate surface area is 201 Å². The van der Waals surface area contributed by atoms with Crippen LogP contribution in [0.3, 0.4) is 0 Å². The molecular weight excluding hydrogens is 464 g/mol. The number of nitrogens with zero attached hydrogens (tertiary/aromatic N) is 3. The van der Waals surface area contributed by atoms with Crippen molar-refractivity contribution in [2.45, 2.75) is 17.9 Å². The van der Waals surface area contributed by atoms with Crippen molar-refractivity contribution in [1.29, 1.82) is 0 Å². The quantitative estimate of drug-likeness (QED) is 0.347. The molecule has 10 heteroatoms. The average molecular weight is 487 g/mol. The van der Waals surface area contributed by atoms with Gasteiger partial charge in [0, 0.05) is 5.69 Å². The van der Waals surface area contributed by atoms with Crippen LogP contribution < -0.4 is 16.2 Å². The zero-order valence-electron chi connectivity index (χ0n) is 18.7. The second-order valence-corrected chi connectivity index (χ2v) is 9.69. The molecule has 2 heterocycles. The summed E-state index contributed by atoms with van der Waals surface area (Å²) in [5.41, 5.74) is 10.1. The first kappa shape index (κ1) is 22.5. The second kappa shape index (κ2) is 8.49. The Hall–Kier alpha value is -4.28. The summed E-state index contributed by atoms with van der Waals surface area (Å²) in [5.74, 6) is -0.259. The number of anilines is 1. The van der Waals surface area contributed by atoms with E-state index in [4.69, 9.17) is 20.8 Å². The topological polar surface area (TPSA) is 146 Å². The molecule has 5 aromatic rings. The largest absolute Gasteiger partial charge is 0.384 e. The normalized spacial score (nSPS) is 12.6. The van der Waals surface area contributed by atoms with Crippen molar-refractivity contribution < 1.29 is 13.2 Å². The third-order valence-electron chi connectivity index (χ3n) is 5.80. The number of nitrogen functional groups attached to an aromatic ring is 1. The molecule has 0 saturated carbocycles. The lowest BCUT2D eigenvalue weighted by Gasteiger charge is -2.14. The van der Waals surface area contributed by atoms with Crippen molar-refractivity contribution in [3.8, 4) is 5.69 Å². The summed E-state index contributed by atoms with van der Waals surface area (Å²) in [4.78, 5) is 22.8. The highest BCUT2D eigenvalue weighted by Gasteiger charge is 2.26. The molecule has 5 rings (SSSR count). The van der Waals surface area contributed by atoms with Gasteiger partial charge in [-0.15, -0.1) is 0 Å². The van der Waals surface area contributed by atoms with Gasteiger partial charge >= 0.3 is 0 Å². The Morgan fingerprint density at radius 3 is 2.14 bits per heavy atom. The summed E-state index contributed by atoms with van der Waals surface area (Å²) in [7, 11) is -3.86. The highest BCUT2D eigenvalue weighted by Crippen LogP contribution is 2.31. The van der Waals surface area contributed by atoms with E-state index < -0.39 is 15.9 Å². The summed E-state index contributed by atoms with van der Waals surface area (Å²) >= 11 is 0. The predicted molar refractivity (Wildman–Crippen MR) is 134 cm³/mol. The molecule has 0 radical (unpaired) electrons. The second-order valence-electron chi connectivity index (χ2n) is 8.12. The lowest BCUT2D eigenvalue weighted by molar-refractivity contribution is 0.0942. The van der Waals surface area contributed by atoms with Gasteiger partial charge in [-0.3, -0.25) is 9.36 Å². The van der Waals surface area contributed by atoms with Crippen LogP contribution in [0.1, 0.15) is 28.9 Å². The molecule has 0 aliphatic rings. The number of carbonyl (C=O) groups excluding carboxylic acids is 1. The molecule has 2 aromatic heterocycles. The summed E-state index contributed by atoms with van der Waals surface area (Å²) in [6, 6.07) is 22.5. The van der Waals surface area contributed by atoms with Gasteiger partial charge in [-0.25, -0.2) is 23.5 Å². The number of amides is 1. The fourth-order valence-electron chi connectivity index (χ4n) is 4.03. The average Bonchev–Trinajstić information content (AvgIpc) is 3.13. The van der Waals surface area contributed by atoms with Crippen molar-refractivity contribution in [1.82, 2.24) is 19.9 Å². The number of rotatable bonds is 5. The van der Waals surface area contributed by atoms with E-state index >= 15 is 0 Å². The third-order valence-corrected chi connectivity index (χ3v) is 6.72. The number of hydrogen-bond donors (Lipinski definition) is 3. The van der Waals surface area contributed by atoms with Crippen LogP contribution in [0, 0.1) is 0 Å². The molecule has 176 valence electrons. The summed E-state index contributed by atoms with van der Waals surface area (Å²) in [6.07, 6.45) is 0. The number of fused-ring (bicyclic) bond motifs is 2. The maximum absolute atomic E-state index is 13.5. The molecular formula is C25H22N6O3S. The van der Waals surface area contributed by atoms with E-state index in [2.05, 4.69) is 5.32 Å². The van der Waals surface area contributed by atoms with Gasteiger partial charge in [-0.2, -0.15) is 0 Å². The monoisotopic (exact) mass is 486 g/mol. The van der Waals surface area contributed by atoms with Gasteiger partial charge in [-0.1, -0.05) is 42.5 Å². The smallest absolute Gasteiger partial charge is 0.257 e. The minimum absolute atomic E-state index is 0.0394. The van der Waals surface area contributed by atoms with Crippen LogP contribution in [0.2, 0.25) is 0 Å². The Morgan fingerprint density at radius 2 is 1.51 bits per heavy atom. The highest BCUT2D eigenvalue weighted by atomic mass is 32.2. The summed E-state index contributed by atoms with van der Waals surface area (Å²) < 4.78 is 25.0. The van der Waals surface area contributed by atoms with Gasteiger partial charge < -0.3 is 11.1 Å². The van der Waals surface area contributed by atoms with Gasteiger partial charge in [0.1, 0.15) is 16.9 Å². The molecule has 0 aliphatic carbocycles. The van der Waals surface area contributed by atoms with E-state index in [1.807, 2.05) is 61.5 Å². The summed E-state index contributed by atoms with van der Waals surface area (Å²) in [5, 5.41) is 8.22. The highest BCUT2D eigenvalue weighted by molar-refractivity contribution is 7.89. The van der Waals surface area contributed by atoms with Gasteiger partial charge in [0.05, 0.1) is 22.0 Å². The van der Waals surface area contributed by atoms with Gasteiger partial charge in [0.25, 0.3) is 5.91 Å². The van der Waals surface area contributed by atoms with E-state index in [-0.39, 0.29) is 22.3 Å². The molecule has 0 fully saturated rings. The molecule has 5 N–H and O–H groups in total. The Kier molecular flexibility index (Phi) is 5.46. The van der Waals surface area contributed by atoms with Crippen molar-refractivity contribution >= 4 is 43.9 Å². The lowest BCUT2D eigenvalue weighted by Crippen LogP contribution is -2.27. The minimum Gasteiger partial charge on any atom is -0.384 e. The fourth-order valence-corrected chi connectivity index (χ4v) is 4.54. The van der Waals surface area contributed by atoms with Crippen molar-refractivity contribution in [3.63, 3.8) is 0 Å². The van der Waals surface area contributed by atoms with Crippen LogP contribution in [0.4, 0.5) is 5.82 Å². The van der Waals surface area contributed by atoms with Gasteiger partial charge in [0.2, 0.25) is 10.0 Å². The standard InChI is InChI=1S/C25H22N6O3S/c1-15(16-7-3-2-4-8-16)28-25(32)21-22-24(30-20-10-6-5-9-19(20)29-22)31(23(21)26)17-11-13-18(14-12-17)35(27,33)34/h2-15H,26H2,1H3,(H,28,32)(H2,27,33,34)/t15-/m0/s1. The molecule has 1 amide bonds. The Morgan fingerprint density at radius 1 is 0.914 bits per heavy atom. The molecule has 35 heavy (non-hydrogen) atoms. The lowest BCUT2D eigenvalue weighted by atomic mass is 10.1. The predicted octanol–water partition coefficient (Wildman–Crippen LogP) is 3.29. The number of benzene rings is 3. The number of aromatic nitrogens is 3. The van der Waals surface area contributed by atoms with Crippen LogP contribution in [-0.4, -0.2) is 28.9 Å². The SMILES string of the molecule is C[C@H](NC(=O)c1c(N)n(-c2ccc(S(N)(=O)=O)cc2)c2nc3ccccc3nc12)c1ccccc1. The number of hydrogen-bond acceptors (Lipinski definition) is 6. The van der Waals surface area contributed by atoms with Crippen molar-refractivity contribution in [2.24, 2.45) is 5.14 Å². The van der Waals surface area contributed by atoms with Gasteiger partial charge in [-0.05, 0) is 48.9 Å². The van der Waals surface area contributed by atoms with Crippen LogP contribution >= 0.6 is 0 Å². The zero-order chi connectivity index (χ0) is 24.7. The minimum atomic E-state index is -3.86. The maximum atomic E-state index is 13.5. The molecule has 0 spiro atoms. The van der Waals surface area contributed by atoms with Gasteiger partial charge in [0.15, 0.2) is 5.65 Å². The zero-order valence-corrected chi connectivity index (χ0v) is 19.5. The number of primary sulfonamides is 1. The molecule has 9 nitrogen and oxygen atoms in total. The van der Waals surface area contributed by atoms with Crippen LogP contribution in [0.5, 0.6) is 0 Å². The third kappa shape index (κ3) is 4.09. The van der Waals surface area contributed by atoms with E-state index in [1.54, 1.807) is 16.7 Å². The first-order valence-corrected chi connectivity index (χ1v) is 12.3. The molecule has 1 atom stereocenters. The van der Waals surface area contributed by atoms with Crippen LogP contribution in [-0.2, 0) is 10.0 Å². The fraction of sp³-hybridized carbons (Fsp3) is 0.0800. The number of nitrogens with one attached hydrogen (secondary N) is 1. The Bertz CT molecular complexity index is 1680. The number of sulfonamides is 1. The summed E-state index contributed by atoms with van der Waals surface area (Å²) in [6.45, 7) is 1.88. The molecule has 0 saturated heterocycles. The molecule has 0 aliphatic heterocycles. The van der Waals surface area contributed by atoms with Crippen molar-refractivity contribution in [3.05, 3.63) is 90.0 Å². The van der Waals surface area contributed by atoms with E-state index in [1.165, 1.54) is 12.1 Å². The van der Waals surface area contributed by atoms with Crippen LogP contribution in [0.15, 0.2) is 83.8 Å². The van der Waals surface area contributed by atoms with Crippen LogP contribution in [0.25, 0.3) is 27.9 Å². The Balaban J connectivity index is 1.68. The first-order chi connectivity index (χ1) is 16.7.